The predicted molar refractivity (Wildman–Crippen MR) is 168 cm³/mol. The summed E-state index contributed by atoms with van der Waals surface area (Å²) in [7, 11) is -1.70. The van der Waals surface area contributed by atoms with Gasteiger partial charge in [-0.3, -0.25) is 0 Å². The molecule has 0 aliphatic heterocycles. The van der Waals surface area contributed by atoms with Gasteiger partial charge in [0.2, 0.25) is 0 Å². The summed E-state index contributed by atoms with van der Waals surface area (Å²) in [6.45, 7) is 10.3. The van der Waals surface area contributed by atoms with Crippen molar-refractivity contribution in [2.75, 3.05) is 6.61 Å². The van der Waals surface area contributed by atoms with Gasteiger partial charge in [0.05, 0.1) is 0 Å². The van der Waals surface area contributed by atoms with Crippen LogP contribution < -0.4 is 35.3 Å². The Morgan fingerprint density at radius 1 is 0.714 bits per heavy atom. The van der Waals surface area contributed by atoms with Crippen molar-refractivity contribution in [3.8, 4) is 11.1 Å². The van der Waals surface area contributed by atoms with E-state index >= 15 is 0 Å². The van der Waals surface area contributed by atoms with E-state index in [2.05, 4.69) is 125 Å². The van der Waals surface area contributed by atoms with Gasteiger partial charge < -0.3 is 29.2 Å². The first-order valence-electron chi connectivity index (χ1n) is 15.1. The van der Waals surface area contributed by atoms with E-state index in [1.54, 1.807) is 5.57 Å². The van der Waals surface area contributed by atoms with Crippen LogP contribution in [-0.2, 0) is 30.6 Å². The zero-order valence-electron chi connectivity index (χ0n) is 25.3. The van der Waals surface area contributed by atoms with Gasteiger partial charge in [0, 0.05) is 23.9 Å². The van der Waals surface area contributed by atoms with Crippen LogP contribution in [0.5, 0.6) is 0 Å². The van der Waals surface area contributed by atoms with Gasteiger partial charge in [0.15, 0.2) is 8.32 Å². The minimum atomic E-state index is -1.70. The van der Waals surface area contributed by atoms with Crippen molar-refractivity contribution < 1.29 is 55.4 Å². The fraction of sp³-hybridized carbons (Fsp3) is 0.351. The molecule has 0 N–H and O–H groups in total. The fourth-order valence-electron chi connectivity index (χ4n) is 8.03. The Balaban J connectivity index is 0.00000161. The minimum Gasteiger partial charge on any atom is -1.00 e. The Hall–Kier alpha value is -1.48. The van der Waals surface area contributed by atoms with Gasteiger partial charge in [0.1, 0.15) is 0 Å². The van der Waals surface area contributed by atoms with Gasteiger partial charge in [-0.05, 0) is 74.8 Å². The van der Waals surface area contributed by atoms with E-state index < -0.39 is 8.32 Å². The third-order valence-electron chi connectivity index (χ3n) is 10.3. The third kappa shape index (κ3) is 5.59. The average Bonchev–Trinajstić information content (AvgIpc) is 3.52. The Bertz CT molecular complexity index is 1520. The van der Waals surface area contributed by atoms with Crippen LogP contribution in [-0.4, -0.2) is 14.9 Å². The first-order valence-corrected chi connectivity index (χ1v) is 17.7. The summed E-state index contributed by atoms with van der Waals surface area (Å²) in [6.07, 6.45) is 11.4. The van der Waals surface area contributed by atoms with Crippen molar-refractivity contribution in [3.63, 3.8) is 0 Å². The van der Waals surface area contributed by atoms with Crippen LogP contribution in [0, 0.1) is 11.3 Å². The molecule has 1 nitrogen and oxygen atoms in total. The van der Waals surface area contributed by atoms with Gasteiger partial charge in [-0.15, -0.1) is 0 Å². The molecule has 2 atom stereocenters. The molecule has 6 rings (SSSR count). The molecule has 0 aromatic heterocycles. The van der Waals surface area contributed by atoms with Gasteiger partial charge in [0.25, 0.3) is 0 Å². The number of halogens is 2. The van der Waals surface area contributed by atoms with Crippen LogP contribution in [0.15, 0.2) is 97.1 Å². The van der Waals surface area contributed by atoms with Crippen molar-refractivity contribution in [2.45, 2.75) is 64.6 Å². The Labute approximate surface area is 285 Å². The molecule has 0 saturated heterocycles. The van der Waals surface area contributed by atoms with Crippen molar-refractivity contribution in [1.82, 2.24) is 0 Å². The van der Waals surface area contributed by atoms with Crippen molar-refractivity contribution in [2.24, 2.45) is 11.3 Å². The summed E-state index contributed by atoms with van der Waals surface area (Å²) < 4.78 is 7.04. The van der Waals surface area contributed by atoms with Crippen molar-refractivity contribution in [3.05, 3.63) is 119 Å². The fourth-order valence-corrected chi connectivity index (χ4v) is 10.7. The number of hydrogen-bond donors (Lipinski definition) is 0. The molecule has 3 aliphatic carbocycles. The van der Waals surface area contributed by atoms with Crippen LogP contribution in [0.1, 0.15) is 57.6 Å². The molecule has 0 spiro atoms. The summed E-state index contributed by atoms with van der Waals surface area (Å²) in [4.78, 5) is 0. The Morgan fingerprint density at radius 3 is 1.83 bits per heavy atom. The standard InChI is InChI=1S/C37H42OSi.2ClH.Zr/c1-5-37(25-26-38-39(6-2,7-3)8-4,35-31-21-13-9-17-27(31)28-18-10-14-22-32(28)35)36-33-23-15-11-19-29(33)30-20-12-16-24-34(30)36;;;/h9-24,31,36H,5-8,25-26H2,1-4H3;2*1H;/q;;;+2/p-2. The monoisotopic (exact) mass is 690 g/mol. The zero-order valence-corrected chi connectivity index (χ0v) is 30.3. The molecule has 3 aromatic carbocycles. The number of rotatable bonds is 10. The maximum absolute atomic E-state index is 7.04. The van der Waals surface area contributed by atoms with Crippen LogP contribution in [0.2, 0.25) is 18.1 Å². The van der Waals surface area contributed by atoms with Crippen LogP contribution >= 0.6 is 0 Å². The molecule has 0 heterocycles. The molecule has 3 aliphatic rings. The summed E-state index contributed by atoms with van der Waals surface area (Å²) in [5.41, 5.74) is 8.79. The summed E-state index contributed by atoms with van der Waals surface area (Å²) >= 11 is 0. The smallest absolute Gasteiger partial charge is 1.00 e. The van der Waals surface area contributed by atoms with Gasteiger partial charge >= 0.3 is 26.2 Å². The molecule has 218 valence electrons. The van der Waals surface area contributed by atoms with E-state index in [9.17, 15) is 0 Å². The van der Waals surface area contributed by atoms with Crippen LogP contribution in [0.3, 0.4) is 0 Å². The van der Waals surface area contributed by atoms with Gasteiger partial charge in [-0.2, -0.15) is 0 Å². The topological polar surface area (TPSA) is 9.23 Å². The number of benzene rings is 3. The molecule has 0 amide bonds. The second-order valence-electron chi connectivity index (χ2n) is 11.6. The largest absolute Gasteiger partial charge is 2.00 e. The molecule has 0 bridgehead atoms. The number of hydrogen-bond acceptors (Lipinski definition) is 1. The summed E-state index contributed by atoms with van der Waals surface area (Å²) in [5.74, 6) is 0.624. The molecule has 3 aromatic rings. The molecule has 0 saturated carbocycles. The third-order valence-corrected chi connectivity index (χ3v) is 15.0. The SMILES string of the molecule is CCC(CCO[Si](CC)(CC)CC)(C1=c2ccccc2=C2C=CC=CC21)C1c2ccccc2-c2ccccc21.[Cl-].[Cl-].[Zr+2]. The quantitative estimate of drug-likeness (QED) is 0.297. The first-order chi connectivity index (χ1) is 19.1. The maximum atomic E-state index is 7.04. The summed E-state index contributed by atoms with van der Waals surface area (Å²) in [6, 6.07) is 31.1. The second kappa shape index (κ2) is 14.5. The number of fused-ring (bicyclic) bond motifs is 5. The maximum Gasteiger partial charge on any atom is 2.00 e. The van der Waals surface area contributed by atoms with Crippen LogP contribution in [0.4, 0.5) is 0 Å². The molecule has 5 heteroatoms. The Morgan fingerprint density at radius 2 is 1.26 bits per heavy atom. The predicted octanol–water partition coefficient (Wildman–Crippen LogP) is 2.37. The second-order valence-corrected chi connectivity index (χ2v) is 16.4. The van der Waals surface area contributed by atoms with E-state index in [4.69, 9.17) is 4.43 Å². The van der Waals surface area contributed by atoms with E-state index in [0.29, 0.717) is 11.8 Å². The molecule has 2 unspecified atom stereocenters. The van der Waals surface area contributed by atoms with Gasteiger partial charge in [-0.1, -0.05) is 125 Å². The first kappa shape index (κ1) is 35.0. The van der Waals surface area contributed by atoms with E-state index in [1.165, 1.54) is 56.4 Å². The van der Waals surface area contributed by atoms with E-state index in [-0.39, 0.29) is 56.4 Å². The van der Waals surface area contributed by atoms with Crippen LogP contribution in [0.25, 0.3) is 22.3 Å². The molecule has 0 fully saturated rings. The molecule has 42 heavy (non-hydrogen) atoms. The van der Waals surface area contributed by atoms with E-state index in [0.717, 1.165) is 19.4 Å². The number of allylic oxidation sites excluding steroid dienone is 4. The Kier molecular flexibility index (Phi) is 12.1. The van der Waals surface area contributed by atoms with Crippen molar-refractivity contribution in [1.29, 1.82) is 0 Å². The van der Waals surface area contributed by atoms with Gasteiger partial charge in [-0.25, -0.2) is 0 Å². The molecular formula is C37H42Cl2OSiZr. The summed E-state index contributed by atoms with van der Waals surface area (Å²) in [5, 5.41) is 2.86. The van der Waals surface area contributed by atoms with E-state index in [1.807, 2.05) is 0 Å². The van der Waals surface area contributed by atoms with Crippen molar-refractivity contribution >= 4 is 19.5 Å². The normalized spacial score (nSPS) is 17.7. The minimum absolute atomic E-state index is 0. The molecule has 0 radical (unpaired) electrons. The molecular weight excluding hydrogens is 651 g/mol. The average molecular weight is 693 g/mol. The zero-order chi connectivity index (χ0) is 27.0.